The maximum atomic E-state index is 9.98. The van der Waals surface area contributed by atoms with E-state index < -0.39 is 12.3 Å². The molecule has 7 heteroatoms. The number of azide groups is 1. The number of rotatable bonds is 6. The topological polar surface area (TPSA) is 96.7 Å². The fraction of sp³-hybridized carbons (Fsp3) is 0.625. The Balaban J connectivity index is 1.86. The molecule has 1 aliphatic rings. The SMILES string of the molecule is COc1ccc(COCC2OC(O)C(N=[N+]=[N-])[C@@H](C)[C@H]2C)cc1. The van der Waals surface area contributed by atoms with Gasteiger partial charge in [-0.25, -0.2) is 0 Å². The highest BCUT2D eigenvalue weighted by atomic mass is 16.6. The minimum atomic E-state index is -1.09. The van der Waals surface area contributed by atoms with Crippen molar-refractivity contribution in [2.45, 2.75) is 38.9 Å². The van der Waals surface area contributed by atoms with E-state index >= 15 is 0 Å². The average molecular weight is 321 g/mol. The maximum Gasteiger partial charge on any atom is 0.163 e. The molecule has 3 unspecified atom stereocenters. The molecule has 1 aromatic carbocycles. The quantitative estimate of drug-likeness (QED) is 0.495. The molecule has 7 nitrogen and oxygen atoms in total. The summed E-state index contributed by atoms with van der Waals surface area (Å²) in [6.07, 6.45) is -1.32. The predicted octanol–water partition coefficient (Wildman–Crippen LogP) is 2.88. The van der Waals surface area contributed by atoms with E-state index in [0.717, 1.165) is 11.3 Å². The molecule has 0 amide bonds. The lowest BCUT2D eigenvalue weighted by Gasteiger charge is -2.40. The third-order valence-corrected chi connectivity index (χ3v) is 4.46. The van der Waals surface area contributed by atoms with Crippen LogP contribution >= 0.6 is 0 Å². The Hall–Kier alpha value is -1.79. The van der Waals surface area contributed by atoms with Gasteiger partial charge >= 0.3 is 0 Å². The smallest absolute Gasteiger partial charge is 0.163 e. The molecule has 126 valence electrons. The van der Waals surface area contributed by atoms with Crippen molar-refractivity contribution in [2.75, 3.05) is 13.7 Å². The molecule has 1 fully saturated rings. The second-order valence-electron chi connectivity index (χ2n) is 5.84. The number of ether oxygens (including phenoxy) is 3. The summed E-state index contributed by atoms with van der Waals surface area (Å²) >= 11 is 0. The first-order valence-corrected chi connectivity index (χ1v) is 7.65. The van der Waals surface area contributed by atoms with Crippen LogP contribution in [0.5, 0.6) is 5.75 Å². The molecule has 0 radical (unpaired) electrons. The summed E-state index contributed by atoms with van der Waals surface area (Å²) in [4.78, 5) is 2.78. The molecule has 1 heterocycles. The van der Waals surface area contributed by atoms with Gasteiger partial charge in [-0.3, -0.25) is 0 Å². The monoisotopic (exact) mass is 321 g/mol. The van der Waals surface area contributed by atoms with E-state index in [2.05, 4.69) is 10.0 Å². The van der Waals surface area contributed by atoms with Gasteiger partial charge in [0.25, 0.3) is 0 Å². The summed E-state index contributed by atoms with van der Waals surface area (Å²) in [7, 11) is 1.63. The van der Waals surface area contributed by atoms with Crippen LogP contribution in [0, 0.1) is 11.8 Å². The molecule has 0 bridgehead atoms. The minimum absolute atomic E-state index is 0.0178. The van der Waals surface area contributed by atoms with Crippen LogP contribution in [-0.4, -0.2) is 37.3 Å². The molecule has 23 heavy (non-hydrogen) atoms. The van der Waals surface area contributed by atoms with Crippen molar-refractivity contribution in [3.63, 3.8) is 0 Å². The van der Waals surface area contributed by atoms with Gasteiger partial charge in [0.05, 0.1) is 32.5 Å². The summed E-state index contributed by atoms with van der Waals surface area (Å²) in [6, 6.07) is 7.09. The molecule has 0 aliphatic carbocycles. The Kier molecular flexibility index (Phi) is 6.24. The van der Waals surface area contributed by atoms with Crippen LogP contribution in [0.1, 0.15) is 19.4 Å². The first kappa shape index (κ1) is 17.6. The van der Waals surface area contributed by atoms with Gasteiger partial charge in [-0.2, -0.15) is 0 Å². The van der Waals surface area contributed by atoms with E-state index in [1.165, 1.54) is 0 Å². The molecular weight excluding hydrogens is 298 g/mol. The van der Waals surface area contributed by atoms with E-state index in [4.69, 9.17) is 19.7 Å². The summed E-state index contributed by atoms with van der Waals surface area (Å²) in [5.41, 5.74) is 9.61. The largest absolute Gasteiger partial charge is 0.497 e. The summed E-state index contributed by atoms with van der Waals surface area (Å²) in [6.45, 7) is 4.79. The number of methoxy groups -OCH3 is 1. The fourth-order valence-electron chi connectivity index (χ4n) is 2.72. The zero-order valence-electron chi connectivity index (χ0n) is 13.6. The third-order valence-electron chi connectivity index (χ3n) is 4.46. The van der Waals surface area contributed by atoms with Gasteiger partial charge in [0.15, 0.2) is 6.29 Å². The fourth-order valence-corrected chi connectivity index (χ4v) is 2.72. The summed E-state index contributed by atoms with van der Waals surface area (Å²) in [5, 5.41) is 13.6. The van der Waals surface area contributed by atoms with Crippen molar-refractivity contribution in [2.24, 2.45) is 17.0 Å². The molecule has 0 saturated carbocycles. The molecule has 5 atom stereocenters. The van der Waals surface area contributed by atoms with Crippen molar-refractivity contribution in [3.05, 3.63) is 40.3 Å². The van der Waals surface area contributed by atoms with Gasteiger partial charge in [0, 0.05) is 4.91 Å². The summed E-state index contributed by atoms with van der Waals surface area (Å²) < 4.78 is 16.4. The number of hydrogen-bond acceptors (Lipinski definition) is 5. The van der Waals surface area contributed by atoms with Gasteiger partial charge in [-0.15, -0.1) is 0 Å². The number of nitrogens with zero attached hydrogens (tertiary/aromatic N) is 3. The van der Waals surface area contributed by atoms with E-state index in [-0.39, 0.29) is 17.9 Å². The molecule has 1 aliphatic heterocycles. The molecular formula is C16H23N3O4. The van der Waals surface area contributed by atoms with E-state index in [1.54, 1.807) is 7.11 Å². The van der Waals surface area contributed by atoms with Gasteiger partial charge in [-0.1, -0.05) is 31.1 Å². The zero-order valence-corrected chi connectivity index (χ0v) is 13.6. The van der Waals surface area contributed by atoms with Crippen LogP contribution in [-0.2, 0) is 16.1 Å². The Morgan fingerprint density at radius 1 is 1.26 bits per heavy atom. The first-order valence-electron chi connectivity index (χ1n) is 7.65. The molecule has 1 saturated heterocycles. The standard InChI is InChI=1S/C16H23N3O4/c1-10-11(2)15(18-19-17)16(20)23-14(10)9-22-8-12-4-6-13(21-3)7-5-12/h4-7,10-11,14-16,20H,8-9H2,1-3H3/t10-,11+,14?,15?,16?/m1/s1. The molecule has 0 aromatic heterocycles. The Morgan fingerprint density at radius 3 is 2.57 bits per heavy atom. The molecule has 1 N–H and O–H groups in total. The van der Waals surface area contributed by atoms with Gasteiger partial charge in [0.2, 0.25) is 0 Å². The predicted molar refractivity (Wildman–Crippen MR) is 84.8 cm³/mol. The highest BCUT2D eigenvalue weighted by Gasteiger charge is 2.40. The first-order chi connectivity index (χ1) is 11.1. The Morgan fingerprint density at radius 2 is 1.96 bits per heavy atom. The van der Waals surface area contributed by atoms with E-state index in [0.29, 0.717) is 13.2 Å². The number of aliphatic hydroxyl groups excluding tert-OH is 1. The lowest BCUT2D eigenvalue weighted by molar-refractivity contribution is -0.218. The van der Waals surface area contributed by atoms with Crippen molar-refractivity contribution in [3.8, 4) is 5.75 Å². The minimum Gasteiger partial charge on any atom is -0.497 e. The third kappa shape index (κ3) is 4.36. The zero-order chi connectivity index (χ0) is 16.8. The summed E-state index contributed by atoms with van der Waals surface area (Å²) in [5.74, 6) is 0.938. The van der Waals surface area contributed by atoms with Crippen LogP contribution < -0.4 is 4.74 Å². The highest BCUT2D eigenvalue weighted by Crippen LogP contribution is 2.32. The molecule has 0 spiro atoms. The molecule has 2 rings (SSSR count). The Labute approximate surface area is 135 Å². The lowest BCUT2D eigenvalue weighted by atomic mass is 9.82. The lowest BCUT2D eigenvalue weighted by Crippen LogP contribution is -2.49. The van der Waals surface area contributed by atoms with Gasteiger partial charge < -0.3 is 19.3 Å². The Bertz CT molecular complexity index is 545. The van der Waals surface area contributed by atoms with Crippen LogP contribution in [0.3, 0.4) is 0 Å². The second kappa shape index (κ2) is 8.17. The van der Waals surface area contributed by atoms with Gasteiger partial charge in [-0.05, 0) is 35.1 Å². The van der Waals surface area contributed by atoms with Crippen LogP contribution in [0.25, 0.3) is 10.4 Å². The second-order valence-corrected chi connectivity index (χ2v) is 5.84. The van der Waals surface area contributed by atoms with Crippen LogP contribution in [0.4, 0.5) is 0 Å². The maximum absolute atomic E-state index is 9.98. The number of aliphatic hydroxyl groups is 1. The molecule has 1 aromatic rings. The van der Waals surface area contributed by atoms with Gasteiger partial charge in [0.1, 0.15) is 5.75 Å². The average Bonchev–Trinajstić information content (AvgIpc) is 2.56. The van der Waals surface area contributed by atoms with E-state index in [9.17, 15) is 5.11 Å². The van der Waals surface area contributed by atoms with Crippen LogP contribution in [0.2, 0.25) is 0 Å². The number of benzene rings is 1. The van der Waals surface area contributed by atoms with E-state index in [1.807, 2.05) is 38.1 Å². The highest BCUT2D eigenvalue weighted by molar-refractivity contribution is 5.26. The van der Waals surface area contributed by atoms with Crippen molar-refractivity contribution < 1.29 is 19.3 Å². The number of hydrogen-bond donors (Lipinski definition) is 1. The van der Waals surface area contributed by atoms with Crippen LogP contribution in [0.15, 0.2) is 29.4 Å². The normalized spacial score (nSPS) is 30.5. The van der Waals surface area contributed by atoms with Crippen molar-refractivity contribution in [1.29, 1.82) is 0 Å². The van der Waals surface area contributed by atoms with Crippen molar-refractivity contribution in [1.82, 2.24) is 0 Å². The van der Waals surface area contributed by atoms with Crippen molar-refractivity contribution >= 4 is 0 Å².